The highest BCUT2D eigenvalue weighted by atomic mass is 19.3. The third kappa shape index (κ3) is 8.21. The van der Waals surface area contributed by atoms with Crippen molar-refractivity contribution in [3.05, 3.63) is 24.0 Å². The largest absolute Gasteiger partial charge is 0.489 e. The van der Waals surface area contributed by atoms with Gasteiger partial charge in [0.15, 0.2) is 0 Å². The number of alkyl halides is 2. The van der Waals surface area contributed by atoms with Crippen molar-refractivity contribution in [3.63, 3.8) is 0 Å². The predicted molar refractivity (Wildman–Crippen MR) is 96.8 cm³/mol. The molecule has 0 unspecified atom stereocenters. The van der Waals surface area contributed by atoms with Gasteiger partial charge in [0, 0.05) is 18.8 Å². The highest BCUT2D eigenvalue weighted by molar-refractivity contribution is 5.32. The zero-order valence-corrected chi connectivity index (χ0v) is 16.2. The standard InChI is InChI=1S/C20H27F2NO4/c1-14(2)24-9-10-25-20(21,22)8-7-16-5-6-17(13-23-16)27-19-11-18(12-19)26-15(3)4/h5-6,13-15,18-19H,9-12H2,1-4H3. The molecule has 1 aliphatic rings. The second kappa shape index (κ2) is 9.98. The lowest BCUT2D eigenvalue weighted by molar-refractivity contribution is -0.200. The molecule has 0 spiro atoms. The van der Waals surface area contributed by atoms with Gasteiger partial charge in [-0.25, -0.2) is 4.98 Å². The van der Waals surface area contributed by atoms with Crippen LogP contribution < -0.4 is 4.74 Å². The average molecular weight is 383 g/mol. The van der Waals surface area contributed by atoms with Crippen molar-refractivity contribution < 1.29 is 27.7 Å². The molecule has 1 aromatic rings. The molecule has 1 aliphatic carbocycles. The summed E-state index contributed by atoms with van der Waals surface area (Å²) in [7, 11) is 0. The zero-order valence-electron chi connectivity index (χ0n) is 16.2. The molecule has 0 aromatic carbocycles. The lowest BCUT2D eigenvalue weighted by Gasteiger charge is -2.36. The normalized spacial score (nSPS) is 19.6. The number of rotatable bonds is 9. The quantitative estimate of drug-likeness (QED) is 0.480. The van der Waals surface area contributed by atoms with Crippen LogP contribution in [0, 0.1) is 11.8 Å². The third-order valence-electron chi connectivity index (χ3n) is 3.71. The summed E-state index contributed by atoms with van der Waals surface area (Å²) in [5, 5.41) is 0. The minimum absolute atomic E-state index is 0.0354. The monoisotopic (exact) mass is 383 g/mol. The second-order valence-corrected chi connectivity index (χ2v) is 6.93. The van der Waals surface area contributed by atoms with E-state index in [4.69, 9.17) is 14.2 Å². The number of hydrogen-bond acceptors (Lipinski definition) is 5. The van der Waals surface area contributed by atoms with Crippen molar-refractivity contribution in [2.45, 2.75) is 71.1 Å². The highest BCUT2D eigenvalue weighted by Crippen LogP contribution is 2.28. The van der Waals surface area contributed by atoms with E-state index in [2.05, 4.69) is 15.6 Å². The summed E-state index contributed by atoms with van der Waals surface area (Å²) < 4.78 is 48.1. The summed E-state index contributed by atoms with van der Waals surface area (Å²) in [5.41, 5.74) is 0.221. The molecule has 0 saturated heterocycles. The molecule has 1 heterocycles. The maximum absolute atomic E-state index is 13.5. The van der Waals surface area contributed by atoms with Gasteiger partial charge in [-0.15, -0.1) is 0 Å². The molecule has 1 aromatic heterocycles. The number of halogens is 2. The molecular weight excluding hydrogens is 356 g/mol. The number of pyridine rings is 1. The van der Waals surface area contributed by atoms with Crippen molar-refractivity contribution in [3.8, 4) is 17.6 Å². The third-order valence-corrected chi connectivity index (χ3v) is 3.71. The average Bonchev–Trinajstić information content (AvgIpc) is 2.56. The number of aromatic nitrogens is 1. The molecule has 0 radical (unpaired) electrons. The van der Waals surface area contributed by atoms with Crippen molar-refractivity contribution in [2.24, 2.45) is 0 Å². The Morgan fingerprint density at radius 1 is 1.11 bits per heavy atom. The van der Waals surface area contributed by atoms with E-state index in [-0.39, 0.29) is 43.3 Å². The Hall–Kier alpha value is -1.75. The molecule has 1 saturated carbocycles. The van der Waals surface area contributed by atoms with Gasteiger partial charge in [0.2, 0.25) is 0 Å². The maximum Gasteiger partial charge on any atom is 0.423 e. The van der Waals surface area contributed by atoms with Gasteiger partial charge in [0.25, 0.3) is 0 Å². The Morgan fingerprint density at radius 3 is 2.44 bits per heavy atom. The van der Waals surface area contributed by atoms with Gasteiger partial charge < -0.3 is 18.9 Å². The fourth-order valence-corrected chi connectivity index (χ4v) is 2.45. The molecule has 0 N–H and O–H groups in total. The zero-order chi connectivity index (χ0) is 19.9. The molecule has 0 amide bonds. The van der Waals surface area contributed by atoms with Gasteiger partial charge in [-0.3, -0.25) is 0 Å². The Morgan fingerprint density at radius 2 is 1.85 bits per heavy atom. The van der Waals surface area contributed by atoms with Crippen molar-refractivity contribution in [1.82, 2.24) is 4.98 Å². The molecule has 150 valence electrons. The minimum Gasteiger partial charge on any atom is -0.489 e. The van der Waals surface area contributed by atoms with Crippen LogP contribution in [0.5, 0.6) is 5.75 Å². The highest BCUT2D eigenvalue weighted by Gasteiger charge is 2.32. The van der Waals surface area contributed by atoms with Gasteiger partial charge in [0.1, 0.15) is 17.5 Å². The van der Waals surface area contributed by atoms with Crippen LogP contribution in [0.15, 0.2) is 18.3 Å². The molecule has 0 aliphatic heterocycles. The van der Waals surface area contributed by atoms with Crippen LogP contribution in [-0.2, 0) is 14.2 Å². The van der Waals surface area contributed by atoms with Gasteiger partial charge in [-0.1, -0.05) is 0 Å². The Balaban J connectivity index is 1.76. The van der Waals surface area contributed by atoms with E-state index in [9.17, 15) is 8.78 Å². The van der Waals surface area contributed by atoms with Crippen LogP contribution >= 0.6 is 0 Å². The molecule has 27 heavy (non-hydrogen) atoms. The summed E-state index contributed by atoms with van der Waals surface area (Å²) in [6.45, 7) is 7.50. The topological polar surface area (TPSA) is 49.8 Å². The van der Waals surface area contributed by atoms with Gasteiger partial charge in [0.05, 0.1) is 37.7 Å². The van der Waals surface area contributed by atoms with Gasteiger partial charge >= 0.3 is 6.11 Å². The van der Waals surface area contributed by atoms with Crippen LogP contribution in [0.4, 0.5) is 8.78 Å². The van der Waals surface area contributed by atoms with Gasteiger partial charge in [-0.05, 0) is 45.7 Å². The van der Waals surface area contributed by atoms with E-state index < -0.39 is 6.11 Å². The summed E-state index contributed by atoms with van der Waals surface area (Å²) in [6.07, 6.45) is 0.116. The van der Waals surface area contributed by atoms with Crippen LogP contribution in [0.2, 0.25) is 0 Å². The Labute approximate surface area is 159 Å². The molecule has 0 atom stereocenters. The second-order valence-electron chi connectivity index (χ2n) is 6.93. The van der Waals surface area contributed by atoms with Crippen molar-refractivity contribution >= 4 is 0 Å². The summed E-state index contributed by atoms with van der Waals surface area (Å²) in [5.74, 6) is 4.69. The van der Waals surface area contributed by atoms with E-state index >= 15 is 0 Å². The summed E-state index contributed by atoms with van der Waals surface area (Å²) >= 11 is 0. The maximum atomic E-state index is 13.5. The summed E-state index contributed by atoms with van der Waals surface area (Å²) in [4.78, 5) is 4.04. The SMILES string of the molecule is CC(C)OCCOC(F)(F)C#Cc1ccc(OC2CC(OC(C)C)C2)cn1. The van der Waals surface area contributed by atoms with Crippen LogP contribution in [0.25, 0.3) is 0 Å². The van der Waals surface area contributed by atoms with E-state index in [0.29, 0.717) is 5.75 Å². The molecular formula is C20H27F2NO4. The Bertz CT molecular complexity index is 632. The Kier molecular flexibility index (Phi) is 7.96. The van der Waals surface area contributed by atoms with Crippen LogP contribution in [-0.4, -0.2) is 48.7 Å². The van der Waals surface area contributed by atoms with Crippen LogP contribution in [0.1, 0.15) is 46.2 Å². The van der Waals surface area contributed by atoms with Gasteiger partial charge in [-0.2, -0.15) is 8.78 Å². The molecule has 1 fully saturated rings. The van der Waals surface area contributed by atoms with E-state index in [1.165, 1.54) is 6.20 Å². The smallest absolute Gasteiger partial charge is 0.423 e. The lowest BCUT2D eigenvalue weighted by atomic mass is 9.92. The minimum atomic E-state index is -3.55. The lowest BCUT2D eigenvalue weighted by Crippen LogP contribution is -2.40. The van der Waals surface area contributed by atoms with E-state index in [1.807, 2.05) is 27.7 Å². The fraction of sp³-hybridized carbons (Fsp3) is 0.650. The first kappa shape index (κ1) is 21.5. The number of nitrogens with zero attached hydrogens (tertiary/aromatic N) is 1. The molecule has 2 rings (SSSR count). The van der Waals surface area contributed by atoms with E-state index in [0.717, 1.165) is 12.8 Å². The fourth-order valence-electron chi connectivity index (χ4n) is 2.45. The van der Waals surface area contributed by atoms with Crippen molar-refractivity contribution in [2.75, 3.05) is 13.2 Å². The number of ether oxygens (including phenoxy) is 4. The summed E-state index contributed by atoms with van der Waals surface area (Å²) in [6, 6.07) is 3.21. The van der Waals surface area contributed by atoms with Crippen molar-refractivity contribution in [1.29, 1.82) is 0 Å². The number of hydrogen-bond donors (Lipinski definition) is 0. The first-order chi connectivity index (χ1) is 12.7. The molecule has 5 nitrogen and oxygen atoms in total. The first-order valence-electron chi connectivity index (χ1n) is 9.18. The van der Waals surface area contributed by atoms with Crippen LogP contribution in [0.3, 0.4) is 0 Å². The molecule has 7 heteroatoms. The first-order valence-corrected chi connectivity index (χ1v) is 9.18. The van der Waals surface area contributed by atoms with E-state index in [1.54, 1.807) is 18.1 Å². The predicted octanol–water partition coefficient (Wildman–Crippen LogP) is 3.80. The molecule has 0 bridgehead atoms.